The van der Waals surface area contributed by atoms with Crippen molar-refractivity contribution < 1.29 is 9.13 Å². The summed E-state index contributed by atoms with van der Waals surface area (Å²) in [6.45, 7) is 4.91. The lowest BCUT2D eigenvalue weighted by Gasteiger charge is -2.14. The molecule has 1 N–H and O–H groups in total. The summed E-state index contributed by atoms with van der Waals surface area (Å²) in [4.78, 5) is 8.41. The fourth-order valence-electron chi connectivity index (χ4n) is 1.86. The highest BCUT2D eigenvalue weighted by molar-refractivity contribution is 9.10. The summed E-state index contributed by atoms with van der Waals surface area (Å²) < 4.78 is 19.8. The number of benzene rings is 1. The molecule has 0 aliphatic carbocycles. The van der Waals surface area contributed by atoms with E-state index in [0.29, 0.717) is 16.1 Å². The lowest BCUT2D eigenvalue weighted by molar-refractivity contribution is 0.448. The van der Waals surface area contributed by atoms with Crippen LogP contribution in [0.15, 0.2) is 29.0 Å². The van der Waals surface area contributed by atoms with Gasteiger partial charge in [-0.1, -0.05) is 13.8 Å². The van der Waals surface area contributed by atoms with Crippen LogP contribution in [0.25, 0.3) is 0 Å². The number of rotatable bonds is 6. The van der Waals surface area contributed by atoms with E-state index in [-0.39, 0.29) is 5.82 Å². The molecule has 0 radical (unpaired) electrons. The molecule has 0 unspecified atom stereocenters. The van der Waals surface area contributed by atoms with Crippen LogP contribution >= 0.6 is 15.9 Å². The molecule has 112 valence electrons. The van der Waals surface area contributed by atoms with Gasteiger partial charge in [-0.15, -0.1) is 0 Å². The van der Waals surface area contributed by atoms with Crippen molar-refractivity contribution in [2.45, 2.75) is 26.7 Å². The zero-order valence-corrected chi connectivity index (χ0v) is 13.6. The predicted octanol–water partition coefficient (Wildman–Crippen LogP) is 4.55. The first kappa shape index (κ1) is 15.7. The van der Waals surface area contributed by atoms with Crippen LogP contribution in [0.4, 0.5) is 10.2 Å². The number of nitrogens with one attached hydrogen (secondary N) is 1. The first-order valence-corrected chi connectivity index (χ1v) is 7.65. The molecule has 2 rings (SSSR count). The maximum atomic E-state index is 13.3. The smallest absolute Gasteiger partial charge is 0.227 e. The van der Waals surface area contributed by atoms with Crippen LogP contribution in [0.2, 0.25) is 0 Å². The Kier molecular flexibility index (Phi) is 5.50. The molecule has 0 saturated heterocycles. The summed E-state index contributed by atoms with van der Waals surface area (Å²) in [5, 5.41) is 3.25. The Morgan fingerprint density at radius 1 is 1.29 bits per heavy atom. The third kappa shape index (κ3) is 3.91. The minimum absolute atomic E-state index is 0.357. The molecule has 0 atom stereocenters. The molecule has 0 bridgehead atoms. The van der Waals surface area contributed by atoms with E-state index in [1.54, 1.807) is 6.07 Å². The standard InChI is InChI=1S/C15H17BrFN3O/c1-3-7-18-14-11(4-2)15(20-9-19-14)21-13-8-10(17)5-6-12(13)16/h5-6,8-9H,3-4,7H2,1-2H3,(H,18,19,20). The highest BCUT2D eigenvalue weighted by Crippen LogP contribution is 2.32. The molecule has 1 aromatic heterocycles. The van der Waals surface area contributed by atoms with E-state index >= 15 is 0 Å². The molecule has 0 amide bonds. The highest BCUT2D eigenvalue weighted by Gasteiger charge is 2.13. The van der Waals surface area contributed by atoms with Crippen molar-refractivity contribution in [2.24, 2.45) is 0 Å². The monoisotopic (exact) mass is 353 g/mol. The molecule has 0 aliphatic heterocycles. The van der Waals surface area contributed by atoms with Crippen LogP contribution in [-0.4, -0.2) is 16.5 Å². The molecule has 1 aromatic carbocycles. The van der Waals surface area contributed by atoms with Crippen LogP contribution in [0, 0.1) is 5.82 Å². The van der Waals surface area contributed by atoms with Gasteiger partial charge in [-0.3, -0.25) is 0 Å². The van der Waals surface area contributed by atoms with E-state index in [1.807, 2.05) is 6.92 Å². The molecule has 6 heteroatoms. The van der Waals surface area contributed by atoms with E-state index in [1.165, 1.54) is 18.5 Å². The largest absolute Gasteiger partial charge is 0.437 e. The van der Waals surface area contributed by atoms with Gasteiger partial charge in [0.1, 0.15) is 23.7 Å². The SMILES string of the molecule is CCCNc1ncnc(Oc2cc(F)ccc2Br)c1CC. The molecule has 21 heavy (non-hydrogen) atoms. The van der Waals surface area contributed by atoms with Gasteiger partial charge in [0.2, 0.25) is 5.88 Å². The van der Waals surface area contributed by atoms with Crippen molar-refractivity contribution in [3.8, 4) is 11.6 Å². The molecular weight excluding hydrogens is 337 g/mol. The van der Waals surface area contributed by atoms with Crippen LogP contribution in [-0.2, 0) is 6.42 Å². The summed E-state index contributed by atoms with van der Waals surface area (Å²) in [5.74, 6) is 1.24. The Bertz CT molecular complexity index is 622. The zero-order chi connectivity index (χ0) is 15.2. The normalized spacial score (nSPS) is 10.5. The number of aromatic nitrogens is 2. The summed E-state index contributed by atoms with van der Waals surface area (Å²) in [6, 6.07) is 4.30. The maximum absolute atomic E-state index is 13.3. The molecule has 1 heterocycles. The molecule has 0 aliphatic rings. The van der Waals surface area contributed by atoms with Crippen molar-refractivity contribution in [1.29, 1.82) is 0 Å². The van der Waals surface area contributed by atoms with E-state index < -0.39 is 0 Å². The number of hydrogen-bond donors (Lipinski definition) is 1. The second kappa shape index (κ2) is 7.36. The van der Waals surface area contributed by atoms with E-state index in [0.717, 1.165) is 30.8 Å². The van der Waals surface area contributed by atoms with Crippen LogP contribution < -0.4 is 10.1 Å². The molecule has 0 saturated carbocycles. The minimum Gasteiger partial charge on any atom is -0.437 e. The molecule has 2 aromatic rings. The average Bonchev–Trinajstić information content (AvgIpc) is 2.49. The maximum Gasteiger partial charge on any atom is 0.227 e. The van der Waals surface area contributed by atoms with Crippen molar-refractivity contribution in [1.82, 2.24) is 9.97 Å². The Hall–Kier alpha value is -1.69. The van der Waals surface area contributed by atoms with Crippen LogP contribution in [0.3, 0.4) is 0 Å². The minimum atomic E-state index is -0.357. The van der Waals surface area contributed by atoms with E-state index in [4.69, 9.17) is 4.74 Å². The van der Waals surface area contributed by atoms with Crippen molar-refractivity contribution in [3.63, 3.8) is 0 Å². The number of nitrogens with zero attached hydrogens (tertiary/aromatic N) is 2. The molecule has 0 fully saturated rings. The van der Waals surface area contributed by atoms with Gasteiger partial charge in [0.05, 0.1) is 10.0 Å². The summed E-state index contributed by atoms with van der Waals surface area (Å²) in [6.07, 6.45) is 3.16. The number of ether oxygens (including phenoxy) is 1. The molecular formula is C15H17BrFN3O. The number of hydrogen-bond acceptors (Lipinski definition) is 4. The van der Waals surface area contributed by atoms with Gasteiger partial charge >= 0.3 is 0 Å². The van der Waals surface area contributed by atoms with Gasteiger partial charge < -0.3 is 10.1 Å². The van der Waals surface area contributed by atoms with Gasteiger partial charge in [-0.05, 0) is 40.9 Å². The van der Waals surface area contributed by atoms with Crippen molar-refractivity contribution in [2.75, 3.05) is 11.9 Å². The predicted molar refractivity (Wildman–Crippen MR) is 84.4 cm³/mol. The Labute approximate surface area is 131 Å². The summed E-state index contributed by atoms with van der Waals surface area (Å²) in [5.41, 5.74) is 0.877. The fraction of sp³-hybridized carbons (Fsp3) is 0.333. The Morgan fingerprint density at radius 2 is 2.10 bits per heavy atom. The van der Waals surface area contributed by atoms with Crippen molar-refractivity contribution >= 4 is 21.7 Å². The van der Waals surface area contributed by atoms with Gasteiger partial charge in [-0.25, -0.2) is 14.4 Å². The lowest BCUT2D eigenvalue weighted by atomic mass is 10.2. The van der Waals surface area contributed by atoms with Crippen LogP contribution in [0.1, 0.15) is 25.8 Å². The zero-order valence-electron chi connectivity index (χ0n) is 12.0. The van der Waals surface area contributed by atoms with Crippen LogP contribution in [0.5, 0.6) is 11.6 Å². The summed E-state index contributed by atoms with van der Waals surface area (Å²) >= 11 is 3.34. The number of anilines is 1. The van der Waals surface area contributed by atoms with Gasteiger partial charge in [0.15, 0.2) is 0 Å². The van der Waals surface area contributed by atoms with Gasteiger partial charge in [0.25, 0.3) is 0 Å². The first-order valence-electron chi connectivity index (χ1n) is 6.86. The molecule has 0 spiro atoms. The topological polar surface area (TPSA) is 47.0 Å². The third-order valence-electron chi connectivity index (χ3n) is 2.90. The second-order valence-electron chi connectivity index (χ2n) is 4.46. The Balaban J connectivity index is 2.33. The van der Waals surface area contributed by atoms with Gasteiger partial charge in [0, 0.05) is 12.6 Å². The second-order valence-corrected chi connectivity index (χ2v) is 5.32. The quantitative estimate of drug-likeness (QED) is 0.827. The Morgan fingerprint density at radius 3 is 2.81 bits per heavy atom. The average molecular weight is 354 g/mol. The van der Waals surface area contributed by atoms with Gasteiger partial charge in [-0.2, -0.15) is 0 Å². The highest BCUT2D eigenvalue weighted by atomic mass is 79.9. The van der Waals surface area contributed by atoms with Crippen molar-refractivity contribution in [3.05, 3.63) is 40.4 Å². The summed E-state index contributed by atoms with van der Waals surface area (Å²) in [7, 11) is 0. The number of halogens is 2. The lowest BCUT2D eigenvalue weighted by Crippen LogP contribution is -2.07. The van der Waals surface area contributed by atoms with E-state index in [9.17, 15) is 4.39 Å². The fourth-order valence-corrected chi connectivity index (χ4v) is 2.19. The molecule has 4 nitrogen and oxygen atoms in total. The third-order valence-corrected chi connectivity index (χ3v) is 3.56. The first-order chi connectivity index (χ1) is 10.2. The van der Waals surface area contributed by atoms with E-state index in [2.05, 4.69) is 38.1 Å².